The van der Waals surface area contributed by atoms with Gasteiger partial charge in [0.15, 0.2) is 0 Å². The summed E-state index contributed by atoms with van der Waals surface area (Å²) in [5.41, 5.74) is 0.611. The van der Waals surface area contributed by atoms with Gasteiger partial charge in [0.05, 0.1) is 5.54 Å². The average Bonchev–Trinajstić information content (AvgIpc) is 2.02. The molecule has 2 heteroatoms. The summed E-state index contributed by atoms with van der Waals surface area (Å²) < 4.78 is 0. The number of nitrogens with one attached hydrogen (secondary N) is 2. The minimum absolute atomic E-state index is 0.611. The second-order valence-electron chi connectivity index (χ2n) is 2.24. The molecule has 2 heterocycles. The number of hydrogen-bond donors (Lipinski definition) is 2. The molecule has 2 N–H and O–H groups in total. The van der Waals surface area contributed by atoms with Gasteiger partial charge < -0.3 is 10.6 Å². The fourth-order valence-corrected chi connectivity index (χ4v) is 0.802. The van der Waals surface area contributed by atoms with E-state index in [0.29, 0.717) is 5.54 Å². The van der Waals surface area contributed by atoms with Crippen LogP contribution in [0.2, 0.25) is 0 Å². The molecule has 6 heavy (non-hydrogen) atoms. The van der Waals surface area contributed by atoms with Gasteiger partial charge in [-0.3, -0.25) is 0 Å². The Morgan fingerprint density at radius 2 is 1.83 bits per heavy atom. The first-order valence-electron chi connectivity index (χ1n) is 2.37. The Balaban J connectivity index is 2.09. The van der Waals surface area contributed by atoms with Gasteiger partial charge in [-0.15, -0.1) is 0 Å². The summed E-state index contributed by atoms with van der Waals surface area (Å²) in [6, 6.07) is 0. The highest BCUT2D eigenvalue weighted by Crippen LogP contribution is 2.19. The lowest BCUT2D eigenvalue weighted by Gasteiger charge is -2.24. The predicted octanol–water partition coefficient (Wildman–Crippen LogP) is -1.07. The van der Waals surface area contributed by atoms with Gasteiger partial charge in [-0.2, -0.15) is 0 Å². The lowest BCUT2D eigenvalue weighted by molar-refractivity contribution is 0.409. The summed E-state index contributed by atoms with van der Waals surface area (Å²) in [5, 5.41) is 6.49. The molecule has 0 aliphatic carbocycles. The summed E-state index contributed by atoms with van der Waals surface area (Å²) in [6.07, 6.45) is 0. The SMILES string of the molecule is C1NCC12CN2. The molecular formula is C4H8N2. The maximum atomic E-state index is 3.28. The molecule has 34 valence electrons. The van der Waals surface area contributed by atoms with E-state index in [9.17, 15) is 0 Å². The topological polar surface area (TPSA) is 34.0 Å². The minimum atomic E-state index is 0.611. The molecule has 2 aliphatic heterocycles. The first-order valence-corrected chi connectivity index (χ1v) is 2.37. The average molecular weight is 84.1 g/mol. The van der Waals surface area contributed by atoms with Crippen LogP contribution >= 0.6 is 0 Å². The Hall–Kier alpha value is -0.0800. The van der Waals surface area contributed by atoms with Crippen LogP contribution in [0.5, 0.6) is 0 Å². The summed E-state index contributed by atoms with van der Waals surface area (Å²) in [6.45, 7) is 3.65. The van der Waals surface area contributed by atoms with E-state index in [0.717, 1.165) is 0 Å². The van der Waals surface area contributed by atoms with Gasteiger partial charge in [0.25, 0.3) is 0 Å². The zero-order valence-electron chi connectivity index (χ0n) is 3.62. The minimum Gasteiger partial charge on any atom is -0.313 e. The van der Waals surface area contributed by atoms with Crippen LogP contribution < -0.4 is 10.6 Å². The van der Waals surface area contributed by atoms with Crippen molar-refractivity contribution in [1.82, 2.24) is 10.6 Å². The van der Waals surface area contributed by atoms with Crippen LogP contribution in [0.25, 0.3) is 0 Å². The van der Waals surface area contributed by atoms with Crippen LogP contribution in [-0.4, -0.2) is 25.2 Å². The summed E-state index contributed by atoms with van der Waals surface area (Å²) in [7, 11) is 0. The maximum absolute atomic E-state index is 3.28. The molecule has 0 aromatic heterocycles. The molecule has 2 rings (SSSR count). The van der Waals surface area contributed by atoms with Crippen molar-refractivity contribution in [2.24, 2.45) is 0 Å². The van der Waals surface area contributed by atoms with Crippen LogP contribution in [-0.2, 0) is 0 Å². The molecule has 0 aromatic carbocycles. The fraction of sp³-hybridized carbons (Fsp3) is 1.00. The molecular weight excluding hydrogens is 76.1 g/mol. The smallest absolute Gasteiger partial charge is 0.0559 e. The van der Waals surface area contributed by atoms with Gasteiger partial charge in [-0.25, -0.2) is 0 Å². The van der Waals surface area contributed by atoms with Crippen LogP contribution in [0.15, 0.2) is 0 Å². The predicted molar refractivity (Wildman–Crippen MR) is 23.6 cm³/mol. The van der Waals surface area contributed by atoms with Gasteiger partial charge in [-0.05, 0) is 0 Å². The zero-order valence-corrected chi connectivity index (χ0v) is 3.62. The Bertz CT molecular complexity index is 69.6. The van der Waals surface area contributed by atoms with Crippen molar-refractivity contribution >= 4 is 0 Å². The summed E-state index contributed by atoms with van der Waals surface area (Å²) in [4.78, 5) is 0. The Morgan fingerprint density at radius 1 is 1.17 bits per heavy atom. The molecule has 2 saturated heterocycles. The van der Waals surface area contributed by atoms with E-state index in [1.54, 1.807) is 0 Å². The van der Waals surface area contributed by atoms with Crippen molar-refractivity contribution < 1.29 is 0 Å². The van der Waals surface area contributed by atoms with E-state index >= 15 is 0 Å². The fourth-order valence-electron chi connectivity index (χ4n) is 0.802. The third-order valence-electron chi connectivity index (χ3n) is 1.60. The zero-order chi connectivity index (χ0) is 4.04. The standard InChI is InChI=1S/C4H8N2/c1-4(2-5-1)3-6-4/h5-6H,1-3H2. The Morgan fingerprint density at radius 3 is 1.83 bits per heavy atom. The monoisotopic (exact) mass is 84.1 g/mol. The molecule has 1 spiro atoms. The van der Waals surface area contributed by atoms with Gasteiger partial charge in [0.1, 0.15) is 0 Å². The lowest BCUT2D eigenvalue weighted by Crippen LogP contribution is -2.52. The Kier molecular flexibility index (Phi) is 0.316. The number of rotatable bonds is 0. The van der Waals surface area contributed by atoms with Gasteiger partial charge in [0, 0.05) is 19.6 Å². The highest BCUT2D eigenvalue weighted by Gasteiger charge is 2.47. The van der Waals surface area contributed by atoms with Crippen LogP contribution in [0.1, 0.15) is 0 Å². The maximum Gasteiger partial charge on any atom is 0.0559 e. The van der Waals surface area contributed by atoms with Gasteiger partial charge in [-0.1, -0.05) is 0 Å². The lowest BCUT2D eigenvalue weighted by atomic mass is 10.1. The van der Waals surface area contributed by atoms with Crippen LogP contribution in [0.4, 0.5) is 0 Å². The highest BCUT2D eigenvalue weighted by atomic mass is 15.3. The molecule has 0 saturated carbocycles. The molecule has 0 bridgehead atoms. The van der Waals surface area contributed by atoms with E-state index < -0.39 is 0 Å². The molecule has 0 atom stereocenters. The van der Waals surface area contributed by atoms with Crippen molar-refractivity contribution in [3.8, 4) is 0 Å². The first-order chi connectivity index (χ1) is 2.91. The summed E-state index contributed by atoms with van der Waals surface area (Å²) >= 11 is 0. The van der Waals surface area contributed by atoms with Crippen LogP contribution in [0, 0.1) is 0 Å². The van der Waals surface area contributed by atoms with Crippen molar-refractivity contribution in [1.29, 1.82) is 0 Å². The quantitative estimate of drug-likeness (QED) is 0.366. The third kappa shape index (κ3) is 0.200. The van der Waals surface area contributed by atoms with E-state index in [1.165, 1.54) is 19.6 Å². The van der Waals surface area contributed by atoms with E-state index in [1.807, 2.05) is 0 Å². The largest absolute Gasteiger partial charge is 0.313 e. The van der Waals surface area contributed by atoms with Crippen molar-refractivity contribution in [3.05, 3.63) is 0 Å². The van der Waals surface area contributed by atoms with Gasteiger partial charge in [0.2, 0.25) is 0 Å². The molecule has 2 fully saturated rings. The first kappa shape index (κ1) is 2.99. The van der Waals surface area contributed by atoms with Crippen molar-refractivity contribution in [3.63, 3.8) is 0 Å². The molecule has 0 radical (unpaired) electrons. The van der Waals surface area contributed by atoms with Crippen LogP contribution in [0.3, 0.4) is 0 Å². The second kappa shape index (κ2) is 0.634. The highest BCUT2D eigenvalue weighted by molar-refractivity contribution is 5.13. The Labute approximate surface area is 36.9 Å². The van der Waals surface area contributed by atoms with Crippen molar-refractivity contribution in [2.75, 3.05) is 19.6 Å². The third-order valence-corrected chi connectivity index (χ3v) is 1.60. The second-order valence-corrected chi connectivity index (χ2v) is 2.24. The van der Waals surface area contributed by atoms with Gasteiger partial charge >= 0.3 is 0 Å². The normalized spacial score (nSPS) is 36.0. The molecule has 2 nitrogen and oxygen atoms in total. The molecule has 0 unspecified atom stereocenters. The van der Waals surface area contributed by atoms with E-state index in [2.05, 4.69) is 10.6 Å². The molecule has 0 aromatic rings. The molecule has 2 aliphatic rings. The summed E-state index contributed by atoms with van der Waals surface area (Å²) in [5.74, 6) is 0. The molecule has 0 amide bonds. The van der Waals surface area contributed by atoms with E-state index in [4.69, 9.17) is 0 Å². The van der Waals surface area contributed by atoms with Crippen molar-refractivity contribution in [2.45, 2.75) is 5.54 Å². The number of hydrogen-bond acceptors (Lipinski definition) is 2. The van der Waals surface area contributed by atoms with E-state index in [-0.39, 0.29) is 0 Å².